The van der Waals surface area contributed by atoms with Crippen LogP contribution >= 0.6 is 12.2 Å². The van der Waals surface area contributed by atoms with Gasteiger partial charge in [-0.2, -0.15) is 5.10 Å². The van der Waals surface area contributed by atoms with Crippen molar-refractivity contribution in [2.45, 2.75) is 39.2 Å². The van der Waals surface area contributed by atoms with Crippen molar-refractivity contribution in [1.29, 1.82) is 0 Å². The van der Waals surface area contributed by atoms with Gasteiger partial charge in [0.1, 0.15) is 0 Å². The fourth-order valence-corrected chi connectivity index (χ4v) is 3.88. The number of hydrazone groups is 1. The molecule has 1 fully saturated rings. The highest BCUT2D eigenvalue weighted by atomic mass is 32.1. The zero-order chi connectivity index (χ0) is 14.8. The van der Waals surface area contributed by atoms with Crippen LogP contribution in [0.3, 0.4) is 0 Å². The molecule has 1 aliphatic carbocycles. The standard InChI is InChI=1S/C17H23N3S/c1-3-18-17(21)20-16(13-9-5-4-6-10-13)14-11-7-8-12(2)15(14)19-20/h4-6,9-10,12,14,16H,3,7-8,11H2,1-2H3,(H,18,21)/t12?,14-,16+/m0/s1. The van der Waals surface area contributed by atoms with Crippen molar-refractivity contribution in [1.82, 2.24) is 10.3 Å². The lowest BCUT2D eigenvalue weighted by atomic mass is 9.76. The van der Waals surface area contributed by atoms with Crippen molar-refractivity contribution in [3.05, 3.63) is 35.9 Å². The summed E-state index contributed by atoms with van der Waals surface area (Å²) in [6.45, 7) is 5.21. The Bertz CT molecular complexity index is 540. The van der Waals surface area contributed by atoms with Crippen LogP contribution in [-0.2, 0) is 0 Å². The highest BCUT2D eigenvalue weighted by Gasteiger charge is 2.43. The van der Waals surface area contributed by atoms with E-state index in [-0.39, 0.29) is 6.04 Å². The minimum atomic E-state index is 0.260. The Hall–Kier alpha value is -1.42. The van der Waals surface area contributed by atoms with Crippen LogP contribution in [0, 0.1) is 11.8 Å². The van der Waals surface area contributed by atoms with Gasteiger partial charge in [-0.05, 0) is 43.5 Å². The van der Waals surface area contributed by atoms with E-state index in [1.54, 1.807) is 0 Å². The molecule has 0 aromatic heterocycles. The third-order valence-corrected chi connectivity index (χ3v) is 4.91. The predicted molar refractivity (Wildman–Crippen MR) is 91.2 cm³/mol. The molecular weight excluding hydrogens is 278 g/mol. The molecule has 0 radical (unpaired) electrons. The fourth-order valence-electron chi connectivity index (χ4n) is 3.58. The Morgan fingerprint density at radius 2 is 2.10 bits per heavy atom. The Morgan fingerprint density at radius 3 is 2.81 bits per heavy atom. The van der Waals surface area contributed by atoms with Gasteiger partial charge in [0.2, 0.25) is 0 Å². The Labute approximate surface area is 132 Å². The van der Waals surface area contributed by atoms with Gasteiger partial charge in [-0.1, -0.05) is 43.7 Å². The van der Waals surface area contributed by atoms with E-state index in [4.69, 9.17) is 17.3 Å². The third-order valence-electron chi connectivity index (χ3n) is 4.58. The fraction of sp³-hybridized carbons (Fsp3) is 0.529. The summed E-state index contributed by atoms with van der Waals surface area (Å²) in [6, 6.07) is 10.9. The van der Waals surface area contributed by atoms with E-state index in [1.165, 1.54) is 30.5 Å². The largest absolute Gasteiger partial charge is 0.361 e. The minimum Gasteiger partial charge on any atom is -0.361 e. The molecule has 2 aliphatic rings. The smallest absolute Gasteiger partial charge is 0.190 e. The number of fused-ring (bicyclic) bond motifs is 1. The first kappa shape index (κ1) is 14.5. The van der Waals surface area contributed by atoms with Crippen molar-refractivity contribution in [2.75, 3.05) is 6.54 Å². The molecule has 0 saturated heterocycles. The van der Waals surface area contributed by atoms with Crippen LogP contribution in [0.1, 0.15) is 44.7 Å². The van der Waals surface area contributed by atoms with Gasteiger partial charge in [0.15, 0.2) is 5.11 Å². The Balaban J connectivity index is 1.96. The van der Waals surface area contributed by atoms with Gasteiger partial charge in [-0.25, -0.2) is 5.01 Å². The summed E-state index contributed by atoms with van der Waals surface area (Å²) in [4.78, 5) is 0. The van der Waals surface area contributed by atoms with Crippen LogP contribution in [-0.4, -0.2) is 22.4 Å². The highest BCUT2D eigenvalue weighted by molar-refractivity contribution is 7.80. The van der Waals surface area contributed by atoms with E-state index in [2.05, 4.69) is 54.5 Å². The van der Waals surface area contributed by atoms with Crippen molar-refractivity contribution in [3.8, 4) is 0 Å². The van der Waals surface area contributed by atoms with Gasteiger partial charge >= 0.3 is 0 Å². The van der Waals surface area contributed by atoms with Crippen molar-refractivity contribution < 1.29 is 0 Å². The number of benzene rings is 1. The van der Waals surface area contributed by atoms with E-state index in [0.29, 0.717) is 11.8 Å². The molecule has 0 spiro atoms. The number of rotatable bonds is 2. The second-order valence-electron chi connectivity index (χ2n) is 6.00. The highest BCUT2D eigenvalue weighted by Crippen LogP contribution is 2.43. The Morgan fingerprint density at radius 1 is 1.33 bits per heavy atom. The lowest BCUT2D eigenvalue weighted by Gasteiger charge is -2.31. The first-order valence-electron chi connectivity index (χ1n) is 7.92. The lowest BCUT2D eigenvalue weighted by molar-refractivity contribution is 0.293. The molecule has 1 aliphatic heterocycles. The monoisotopic (exact) mass is 301 g/mol. The van der Waals surface area contributed by atoms with E-state index < -0.39 is 0 Å². The molecule has 3 nitrogen and oxygen atoms in total. The van der Waals surface area contributed by atoms with Gasteiger partial charge in [0.25, 0.3) is 0 Å². The first-order valence-corrected chi connectivity index (χ1v) is 8.33. The van der Waals surface area contributed by atoms with Crippen LogP contribution in [0.2, 0.25) is 0 Å². The second-order valence-corrected chi connectivity index (χ2v) is 6.39. The molecule has 1 aromatic rings. The number of nitrogens with one attached hydrogen (secondary N) is 1. The minimum absolute atomic E-state index is 0.260. The van der Waals surface area contributed by atoms with Crippen LogP contribution in [0.4, 0.5) is 0 Å². The summed E-state index contributed by atoms with van der Waals surface area (Å²) in [5.41, 5.74) is 2.66. The molecule has 1 N–H and O–H groups in total. The topological polar surface area (TPSA) is 27.6 Å². The van der Waals surface area contributed by atoms with E-state index >= 15 is 0 Å². The maximum absolute atomic E-state index is 5.56. The van der Waals surface area contributed by atoms with Gasteiger partial charge in [0.05, 0.1) is 6.04 Å². The molecule has 1 aromatic carbocycles. The molecule has 4 heteroatoms. The summed E-state index contributed by atoms with van der Waals surface area (Å²) in [6.07, 6.45) is 3.75. The molecular formula is C17H23N3S. The van der Waals surface area contributed by atoms with E-state index in [9.17, 15) is 0 Å². The average molecular weight is 301 g/mol. The van der Waals surface area contributed by atoms with Crippen LogP contribution in [0.25, 0.3) is 0 Å². The van der Waals surface area contributed by atoms with Crippen LogP contribution < -0.4 is 5.32 Å². The molecule has 0 amide bonds. The second kappa shape index (κ2) is 6.14. The lowest BCUT2D eigenvalue weighted by Crippen LogP contribution is -2.38. The predicted octanol–water partition coefficient (Wildman–Crippen LogP) is 3.73. The maximum atomic E-state index is 5.56. The third kappa shape index (κ3) is 2.69. The van der Waals surface area contributed by atoms with Crippen LogP contribution in [0.5, 0.6) is 0 Å². The van der Waals surface area contributed by atoms with Crippen molar-refractivity contribution >= 4 is 23.0 Å². The van der Waals surface area contributed by atoms with Gasteiger partial charge in [-0.15, -0.1) is 0 Å². The SMILES string of the molecule is CCNC(=S)N1N=C2C(C)CCC[C@@H]2[C@H]1c1ccccc1. The summed E-state index contributed by atoms with van der Waals surface area (Å²) in [5.74, 6) is 1.08. The normalized spacial score (nSPS) is 28.0. The average Bonchev–Trinajstić information content (AvgIpc) is 2.89. The summed E-state index contributed by atoms with van der Waals surface area (Å²) < 4.78 is 0. The maximum Gasteiger partial charge on any atom is 0.190 e. The van der Waals surface area contributed by atoms with Gasteiger partial charge < -0.3 is 5.32 Å². The van der Waals surface area contributed by atoms with Gasteiger partial charge in [0, 0.05) is 18.2 Å². The zero-order valence-electron chi connectivity index (χ0n) is 12.7. The summed E-state index contributed by atoms with van der Waals surface area (Å²) in [5, 5.41) is 11.0. The Kier molecular flexibility index (Phi) is 4.24. The number of nitrogens with zero attached hydrogens (tertiary/aromatic N) is 2. The molecule has 1 heterocycles. The molecule has 21 heavy (non-hydrogen) atoms. The van der Waals surface area contributed by atoms with Crippen molar-refractivity contribution in [3.63, 3.8) is 0 Å². The molecule has 3 rings (SSSR count). The summed E-state index contributed by atoms with van der Waals surface area (Å²) >= 11 is 5.56. The van der Waals surface area contributed by atoms with Gasteiger partial charge in [-0.3, -0.25) is 0 Å². The quantitative estimate of drug-likeness (QED) is 0.844. The van der Waals surface area contributed by atoms with Crippen molar-refractivity contribution in [2.24, 2.45) is 16.9 Å². The van der Waals surface area contributed by atoms with Crippen LogP contribution in [0.15, 0.2) is 35.4 Å². The van der Waals surface area contributed by atoms with E-state index in [1.807, 2.05) is 0 Å². The number of hydrogen-bond acceptors (Lipinski definition) is 2. The number of thiocarbonyl (C=S) groups is 1. The molecule has 1 saturated carbocycles. The summed E-state index contributed by atoms with van der Waals surface area (Å²) in [7, 11) is 0. The molecule has 1 unspecified atom stereocenters. The molecule has 112 valence electrons. The first-order chi connectivity index (χ1) is 10.2. The molecule has 0 bridgehead atoms. The zero-order valence-corrected chi connectivity index (χ0v) is 13.6. The molecule has 3 atom stereocenters. The van der Waals surface area contributed by atoms with E-state index in [0.717, 1.165) is 11.7 Å². The number of hydrogen-bond donors (Lipinski definition) is 1.